The quantitative estimate of drug-likeness (QED) is 0.208. The average molecular weight is 606 g/mol. The molecule has 0 aliphatic carbocycles. The third-order valence-electron chi connectivity index (χ3n) is 6.33. The van der Waals surface area contributed by atoms with E-state index in [0.717, 1.165) is 22.4 Å². The fraction of sp³-hybridized carbons (Fsp3) is 0.250. The summed E-state index contributed by atoms with van der Waals surface area (Å²) >= 11 is 6.39. The van der Waals surface area contributed by atoms with Crippen molar-refractivity contribution in [2.45, 2.75) is 34.1 Å². The molecule has 224 valence electrons. The van der Waals surface area contributed by atoms with E-state index in [0.29, 0.717) is 36.0 Å². The number of halogens is 1. The highest BCUT2D eigenvalue weighted by Crippen LogP contribution is 2.34. The lowest BCUT2D eigenvalue weighted by Gasteiger charge is -2.27. The van der Waals surface area contributed by atoms with Crippen LogP contribution in [0.15, 0.2) is 60.2 Å². The topological polar surface area (TPSA) is 123 Å². The Morgan fingerprint density at radius 1 is 0.930 bits per heavy atom. The van der Waals surface area contributed by atoms with Gasteiger partial charge in [-0.15, -0.1) is 0 Å². The number of aryl methyl sites for hydroxylation is 2. The van der Waals surface area contributed by atoms with Crippen LogP contribution in [0.5, 0.6) is 17.2 Å². The monoisotopic (exact) mass is 605 g/mol. The van der Waals surface area contributed by atoms with E-state index in [9.17, 15) is 19.2 Å². The van der Waals surface area contributed by atoms with Crippen LogP contribution in [0.1, 0.15) is 37.0 Å². The number of ether oxygens (including phenoxy) is 3. The summed E-state index contributed by atoms with van der Waals surface area (Å²) in [6, 6.07) is 14.0. The first-order valence-corrected chi connectivity index (χ1v) is 14.1. The lowest BCUT2D eigenvalue weighted by atomic mass is 10.1. The van der Waals surface area contributed by atoms with Gasteiger partial charge in [0.15, 0.2) is 18.1 Å². The van der Waals surface area contributed by atoms with Crippen LogP contribution in [-0.4, -0.2) is 43.6 Å². The number of carbonyl (C=O) groups is 4. The van der Waals surface area contributed by atoms with Crippen molar-refractivity contribution in [1.82, 2.24) is 5.32 Å². The highest BCUT2D eigenvalue weighted by atomic mass is 35.5. The number of hydrogen-bond donors (Lipinski definition) is 2. The Balaban J connectivity index is 1.50. The number of nitrogens with one attached hydrogen (secondary N) is 2. The lowest BCUT2D eigenvalue weighted by Crippen LogP contribution is -2.54. The molecule has 4 rings (SSSR count). The molecule has 0 atom stereocenters. The number of barbiturate groups is 1. The fourth-order valence-corrected chi connectivity index (χ4v) is 4.54. The lowest BCUT2D eigenvalue weighted by molar-refractivity contribution is -0.122. The summed E-state index contributed by atoms with van der Waals surface area (Å²) in [5.41, 5.74) is 3.03. The second kappa shape index (κ2) is 13.9. The van der Waals surface area contributed by atoms with Gasteiger partial charge in [-0.25, -0.2) is 9.69 Å². The Kier molecular flexibility index (Phi) is 10.0. The van der Waals surface area contributed by atoms with Gasteiger partial charge in [0.05, 0.1) is 23.9 Å². The van der Waals surface area contributed by atoms with Gasteiger partial charge in [0.25, 0.3) is 17.7 Å². The first kappa shape index (κ1) is 31.1. The average Bonchev–Trinajstić information content (AvgIpc) is 2.96. The minimum Gasteiger partial charge on any atom is -0.490 e. The van der Waals surface area contributed by atoms with E-state index in [1.54, 1.807) is 19.1 Å². The van der Waals surface area contributed by atoms with Crippen molar-refractivity contribution in [3.8, 4) is 17.2 Å². The van der Waals surface area contributed by atoms with Crippen LogP contribution < -0.4 is 29.7 Å². The molecule has 0 spiro atoms. The Morgan fingerprint density at radius 3 is 2.40 bits per heavy atom. The maximum Gasteiger partial charge on any atom is 0.335 e. The Bertz CT molecular complexity index is 1600. The highest BCUT2D eigenvalue weighted by molar-refractivity contribution is 6.39. The van der Waals surface area contributed by atoms with Crippen molar-refractivity contribution < 1.29 is 33.4 Å². The normalized spacial score (nSPS) is 14.0. The van der Waals surface area contributed by atoms with Gasteiger partial charge < -0.3 is 19.5 Å². The second-order valence-electron chi connectivity index (χ2n) is 9.72. The van der Waals surface area contributed by atoms with Crippen molar-refractivity contribution in [2.24, 2.45) is 0 Å². The first-order chi connectivity index (χ1) is 20.6. The van der Waals surface area contributed by atoms with Crippen molar-refractivity contribution >= 4 is 52.8 Å². The molecule has 3 aromatic rings. The number of urea groups is 1. The van der Waals surface area contributed by atoms with Crippen LogP contribution in [0.2, 0.25) is 5.02 Å². The summed E-state index contributed by atoms with van der Waals surface area (Å²) in [5.74, 6) is -0.951. The first-order valence-electron chi connectivity index (χ1n) is 13.7. The zero-order chi connectivity index (χ0) is 31.1. The van der Waals surface area contributed by atoms with E-state index in [1.165, 1.54) is 30.3 Å². The van der Waals surface area contributed by atoms with Crippen LogP contribution >= 0.6 is 11.6 Å². The van der Waals surface area contributed by atoms with E-state index in [1.807, 2.05) is 39.0 Å². The number of carbonyl (C=O) groups excluding carboxylic acids is 4. The molecule has 0 saturated carbocycles. The van der Waals surface area contributed by atoms with Crippen LogP contribution in [0, 0.1) is 13.8 Å². The Labute approximate surface area is 254 Å². The van der Waals surface area contributed by atoms with Gasteiger partial charge in [0, 0.05) is 11.8 Å². The van der Waals surface area contributed by atoms with E-state index in [-0.39, 0.29) is 34.5 Å². The fourth-order valence-electron chi connectivity index (χ4n) is 4.30. The largest absolute Gasteiger partial charge is 0.490 e. The summed E-state index contributed by atoms with van der Waals surface area (Å²) in [7, 11) is 0. The summed E-state index contributed by atoms with van der Waals surface area (Å²) in [4.78, 5) is 52.1. The van der Waals surface area contributed by atoms with Crippen molar-refractivity contribution in [3.63, 3.8) is 0 Å². The molecule has 1 aliphatic rings. The number of hydrogen-bond acceptors (Lipinski definition) is 7. The molecule has 3 aromatic carbocycles. The van der Waals surface area contributed by atoms with Crippen LogP contribution in [-0.2, 0) is 14.4 Å². The summed E-state index contributed by atoms with van der Waals surface area (Å²) < 4.78 is 16.9. The van der Waals surface area contributed by atoms with Gasteiger partial charge in [-0.3, -0.25) is 19.7 Å². The molecular formula is C32H32ClN3O7. The van der Waals surface area contributed by atoms with E-state index < -0.39 is 17.8 Å². The third-order valence-corrected chi connectivity index (χ3v) is 6.63. The van der Waals surface area contributed by atoms with Crippen molar-refractivity contribution in [2.75, 3.05) is 30.0 Å². The standard InChI is InChI=1S/C32H32ClN3O7/c1-5-13-42-27-12-9-22(17-28(27)41-6-2)36-31(39)23(30(38)35-32(36)40)15-21-8-11-26(24(33)16-21)43-18-29(37)34-25-10-7-19(3)14-20(25)4/h7-12,14-17H,5-6,13,18H2,1-4H3,(H,34,37)(H,35,38,40)/b23-15+. The van der Waals surface area contributed by atoms with Crippen LogP contribution in [0.4, 0.5) is 16.2 Å². The van der Waals surface area contributed by atoms with Gasteiger partial charge in [-0.2, -0.15) is 0 Å². The number of benzene rings is 3. The molecule has 5 amide bonds. The molecule has 1 aliphatic heterocycles. The van der Waals surface area contributed by atoms with E-state index in [4.69, 9.17) is 25.8 Å². The van der Waals surface area contributed by atoms with Crippen LogP contribution in [0.25, 0.3) is 6.08 Å². The van der Waals surface area contributed by atoms with Gasteiger partial charge in [0.2, 0.25) is 0 Å². The molecule has 0 bridgehead atoms. The summed E-state index contributed by atoms with van der Waals surface area (Å²) in [6.45, 7) is 8.17. The summed E-state index contributed by atoms with van der Waals surface area (Å²) in [5, 5.41) is 5.16. The number of amides is 5. The van der Waals surface area contributed by atoms with Crippen molar-refractivity contribution in [1.29, 1.82) is 0 Å². The van der Waals surface area contributed by atoms with Crippen molar-refractivity contribution in [3.05, 3.63) is 81.9 Å². The molecule has 1 heterocycles. The smallest absolute Gasteiger partial charge is 0.335 e. The van der Waals surface area contributed by atoms with Gasteiger partial charge in [0.1, 0.15) is 11.3 Å². The Morgan fingerprint density at radius 2 is 1.70 bits per heavy atom. The maximum atomic E-state index is 13.4. The molecule has 1 fully saturated rings. The number of rotatable bonds is 11. The predicted octanol–water partition coefficient (Wildman–Crippen LogP) is 5.83. The minimum absolute atomic E-state index is 0.161. The zero-order valence-electron chi connectivity index (χ0n) is 24.3. The molecule has 0 radical (unpaired) electrons. The highest BCUT2D eigenvalue weighted by Gasteiger charge is 2.37. The predicted molar refractivity (Wildman–Crippen MR) is 164 cm³/mol. The molecule has 11 heteroatoms. The molecule has 2 N–H and O–H groups in total. The molecule has 1 saturated heterocycles. The number of anilines is 2. The third kappa shape index (κ3) is 7.52. The number of imide groups is 2. The SMILES string of the molecule is CCCOc1ccc(N2C(=O)NC(=O)/C(=C\c3ccc(OCC(=O)Nc4ccc(C)cc4C)c(Cl)c3)C2=O)cc1OCC. The Hall–Kier alpha value is -4.83. The zero-order valence-corrected chi connectivity index (χ0v) is 25.0. The maximum absolute atomic E-state index is 13.4. The van der Waals surface area contributed by atoms with E-state index in [2.05, 4.69) is 10.6 Å². The molecule has 43 heavy (non-hydrogen) atoms. The molecule has 0 unspecified atom stereocenters. The van der Waals surface area contributed by atoms with Gasteiger partial charge in [-0.05, 0) is 74.7 Å². The van der Waals surface area contributed by atoms with Gasteiger partial charge in [-0.1, -0.05) is 42.3 Å². The minimum atomic E-state index is -0.891. The summed E-state index contributed by atoms with van der Waals surface area (Å²) in [6.07, 6.45) is 2.11. The molecular weight excluding hydrogens is 574 g/mol. The molecule has 10 nitrogen and oxygen atoms in total. The second-order valence-corrected chi connectivity index (χ2v) is 10.1. The van der Waals surface area contributed by atoms with E-state index >= 15 is 0 Å². The number of nitrogens with zero attached hydrogens (tertiary/aromatic N) is 1. The molecule has 0 aromatic heterocycles. The van der Waals surface area contributed by atoms with Gasteiger partial charge >= 0.3 is 6.03 Å². The van der Waals surface area contributed by atoms with Crippen LogP contribution in [0.3, 0.4) is 0 Å².